The third kappa shape index (κ3) is 7.81. The van der Waals surface area contributed by atoms with Crippen LogP contribution in [0.25, 0.3) is 0 Å². The summed E-state index contributed by atoms with van der Waals surface area (Å²) in [6, 6.07) is -1.53. The second-order valence-corrected chi connectivity index (χ2v) is 3.15. The molecule has 0 radical (unpaired) electrons. The molecule has 1 atom stereocenters. The highest BCUT2D eigenvalue weighted by atomic mass is 35.5. The number of aliphatic carboxylic acids is 1. The van der Waals surface area contributed by atoms with E-state index < -0.39 is 24.1 Å². The molecule has 9 heteroatoms. The second-order valence-electron chi connectivity index (χ2n) is 3.15. The van der Waals surface area contributed by atoms with Gasteiger partial charge in [-0.25, -0.2) is 4.79 Å². The number of nitrogens with one attached hydrogen (secondary N) is 1. The molecule has 17 heavy (non-hydrogen) atoms. The van der Waals surface area contributed by atoms with Gasteiger partial charge >= 0.3 is 18.1 Å². The van der Waals surface area contributed by atoms with E-state index in [-0.39, 0.29) is 18.8 Å². The molecule has 0 heterocycles. The first kappa shape index (κ1) is 18.3. The fraction of sp³-hybridized carbons (Fsp3) is 0.750. The topological polar surface area (TPSA) is 92.4 Å². The number of halogens is 4. The van der Waals surface area contributed by atoms with Gasteiger partial charge in [-0.05, 0) is 25.8 Å². The summed E-state index contributed by atoms with van der Waals surface area (Å²) in [7, 11) is 0. The molecule has 5 nitrogen and oxygen atoms in total. The Morgan fingerprint density at radius 3 is 2.18 bits per heavy atom. The van der Waals surface area contributed by atoms with E-state index in [1.165, 1.54) is 5.32 Å². The average molecular weight is 279 g/mol. The minimum atomic E-state index is -5.07. The molecule has 0 aliphatic rings. The fourth-order valence-corrected chi connectivity index (χ4v) is 0.990. The Balaban J connectivity index is 0. The van der Waals surface area contributed by atoms with Crippen LogP contribution in [0, 0.1) is 0 Å². The third-order valence-electron chi connectivity index (χ3n) is 1.81. The Hall–Kier alpha value is -1.02. The summed E-state index contributed by atoms with van der Waals surface area (Å²) in [5, 5.41) is 9.98. The van der Waals surface area contributed by atoms with Gasteiger partial charge in [0, 0.05) is 0 Å². The summed E-state index contributed by atoms with van der Waals surface area (Å²) in [4.78, 5) is 21.0. The van der Waals surface area contributed by atoms with Gasteiger partial charge in [-0.3, -0.25) is 4.79 Å². The minimum Gasteiger partial charge on any atom is -0.480 e. The first-order chi connectivity index (χ1) is 7.29. The summed E-state index contributed by atoms with van der Waals surface area (Å²) in [5.74, 6) is -3.73. The predicted molar refractivity (Wildman–Crippen MR) is 55.8 cm³/mol. The van der Waals surface area contributed by atoms with Crippen LogP contribution in [0.3, 0.4) is 0 Å². The Morgan fingerprint density at radius 1 is 1.29 bits per heavy atom. The van der Waals surface area contributed by atoms with Crippen molar-refractivity contribution in [1.82, 2.24) is 5.32 Å². The molecule has 0 bridgehead atoms. The van der Waals surface area contributed by atoms with E-state index in [4.69, 9.17) is 10.8 Å². The van der Waals surface area contributed by atoms with Crippen molar-refractivity contribution in [2.24, 2.45) is 5.73 Å². The van der Waals surface area contributed by atoms with Crippen molar-refractivity contribution in [3.63, 3.8) is 0 Å². The first-order valence-corrected chi connectivity index (χ1v) is 4.59. The Labute approximate surface area is 102 Å². The Kier molecular flexibility index (Phi) is 8.77. The van der Waals surface area contributed by atoms with Gasteiger partial charge < -0.3 is 16.2 Å². The molecule has 1 amide bonds. The number of amides is 1. The zero-order valence-corrected chi connectivity index (χ0v) is 9.61. The summed E-state index contributed by atoms with van der Waals surface area (Å²) in [6.45, 7) is 0.319. The zero-order chi connectivity index (χ0) is 12.8. The fourth-order valence-electron chi connectivity index (χ4n) is 0.990. The number of hydrogen-bond donors (Lipinski definition) is 3. The van der Waals surface area contributed by atoms with Crippen molar-refractivity contribution >= 4 is 24.3 Å². The summed E-state index contributed by atoms with van der Waals surface area (Å²) in [6.07, 6.45) is -4.31. The van der Waals surface area contributed by atoms with Crippen LogP contribution in [0.15, 0.2) is 0 Å². The molecule has 4 N–H and O–H groups in total. The average Bonchev–Trinajstić information content (AvgIpc) is 2.14. The monoisotopic (exact) mass is 278 g/mol. The lowest BCUT2D eigenvalue weighted by molar-refractivity contribution is -0.175. The lowest BCUT2D eigenvalue weighted by atomic mass is 10.1. The van der Waals surface area contributed by atoms with Gasteiger partial charge in [0.2, 0.25) is 0 Å². The van der Waals surface area contributed by atoms with Crippen LogP contribution in [-0.4, -0.2) is 35.7 Å². The van der Waals surface area contributed by atoms with Crippen LogP contribution in [0.1, 0.15) is 19.3 Å². The number of rotatable bonds is 6. The zero-order valence-electron chi connectivity index (χ0n) is 8.79. The number of carboxylic acids is 1. The van der Waals surface area contributed by atoms with Gasteiger partial charge in [-0.15, -0.1) is 12.4 Å². The Morgan fingerprint density at radius 2 is 1.82 bits per heavy atom. The minimum absolute atomic E-state index is 0. The Bertz CT molecular complexity index is 261. The van der Waals surface area contributed by atoms with Crippen molar-refractivity contribution in [1.29, 1.82) is 0 Å². The number of carbonyl (C=O) groups is 2. The molecule has 0 spiro atoms. The van der Waals surface area contributed by atoms with Crippen molar-refractivity contribution < 1.29 is 27.9 Å². The third-order valence-corrected chi connectivity index (χ3v) is 1.81. The van der Waals surface area contributed by atoms with E-state index in [2.05, 4.69) is 0 Å². The highest BCUT2D eigenvalue weighted by Crippen LogP contribution is 2.15. The molecular weight excluding hydrogens is 265 g/mol. The van der Waals surface area contributed by atoms with E-state index in [0.29, 0.717) is 19.4 Å². The lowest BCUT2D eigenvalue weighted by Crippen LogP contribution is -2.46. The first-order valence-electron chi connectivity index (χ1n) is 4.59. The molecule has 0 aromatic heterocycles. The molecule has 0 aromatic carbocycles. The molecule has 0 aromatic rings. The molecular formula is C8H14ClF3N2O3. The maximum atomic E-state index is 11.8. The number of carbonyl (C=O) groups excluding carboxylic acids is 1. The number of carboxylic acid groups (broad SMARTS) is 1. The molecule has 0 saturated carbocycles. The number of unbranched alkanes of at least 4 members (excludes halogenated alkanes) is 1. The molecule has 0 saturated heterocycles. The number of alkyl halides is 3. The van der Waals surface area contributed by atoms with E-state index in [0.717, 1.165) is 0 Å². The van der Waals surface area contributed by atoms with Gasteiger partial charge in [-0.2, -0.15) is 13.2 Å². The normalized spacial score (nSPS) is 12.5. The van der Waals surface area contributed by atoms with E-state index in [9.17, 15) is 22.8 Å². The predicted octanol–water partition coefficient (Wildman–Crippen LogP) is 0.669. The smallest absolute Gasteiger partial charge is 0.471 e. The van der Waals surface area contributed by atoms with Gasteiger partial charge in [0.25, 0.3) is 0 Å². The van der Waals surface area contributed by atoms with Crippen LogP contribution in [-0.2, 0) is 9.59 Å². The van der Waals surface area contributed by atoms with Gasteiger partial charge in [0.1, 0.15) is 6.04 Å². The summed E-state index contributed by atoms with van der Waals surface area (Å²) < 4.78 is 35.5. The van der Waals surface area contributed by atoms with Crippen molar-refractivity contribution in [2.45, 2.75) is 31.5 Å². The molecule has 102 valence electrons. The van der Waals surface area contributed by atoms with Crippen molar-refractivity contribution in [2.75, 3.05) is 6.54 Å². The molecule has 0 aliphatic heterocycles. The standard InChI is InChI=1S/C8H13F3N2O3.ClH/c9-8(10,11)7(16)13-5(6(14)15)3-1-2-4-12;/h5H,1-4,12H2,(H,13,16)(H,14,15);1H. The lowest BCUT2D eigenvalue weighted by Gasteiger charge is -2.15. The van der Waals surface area contributed by atoms with Crippen LogP contribution in [0.5, 0.6) is 0 Å². The highest BCUT2D eigenvalue weighted by molar-refractivity contribution is 5.86. The van der Waals surface area contributed by atoms with Crippen molar-refractivity contribution in [3.8, 4) is 0 Å². The quantitative estimate of drug-likeness (QED) is 0.623. The van der Waals surface area contributed by atoms with E-state index >= 15 is 0 Å². The molecule has 0 fully saturated rings. The largest absolute Gasteiger partial charge is 0.480 e. The van der Waals surface area contributed by atoms with Gasteiger partial charge in [0.15, 0.2) is 0 Å². The van der Waals surface area contributed by atoms with Gasteiger partial charge in [-0.1, -0.05) is 0 Å². The molecule has 1 unspecified atom stereocenters. The maximum absolute atomic E-state index is 11.8. The molecule has 0 rings (SSSR count). The molecule has 0 aliphatic carbocycles. The summed E-state index contributed by atoms with van der Waals surface area (Å²) >= 11 is 0. The van der Waals surface area contributed by atoms with E-state index in [1.807, 2.05) is 0 Å². The summed E-state index contributed by atoms with van der Waals surface area (Å²) in [5.41, 5.74) is 5.15. The second kappa shape index (κ2) is 8.13. The SMILES string of the molecule is Cl.NCCCCC(NC(=O)C(F)(F)F)C(=O)O. The van der Waals surface area contributed by atoms with Crippen LogP contribution in [0.4, 0.5) is 13.2 Å². The van der Waals surface area contributed by atoms with E-state index in [1.54, 1.807) is 0 Å². The van der Waals surface area contributed by atoms with Gasteiger partial charge in [0.05, 0.1) is 0 Å². The van der Waals surface area contributed by atoms with Crippen LogP contribution in [0.2, 0.25) is 0 Å². The van der Waals surface area contributed by atoms with Crippen molar-refractivity contribution in [3.05, 3.63) is 0 Å². The van der Waals surface area contributed by atoms with Crippen LogP contribution >= 0.6 is 12.4 Å². The highest BCUT2D eigenvalue weighted by Gasteiger charge is 2.40. The number of hydrogen-bond acceptors (Lipinski definition) is 3. The maximum Gasteiger partial charge on any atom is 0.471 e. The van der Waals surface area contributed by atoms with Crippen LogP contribution < -0.4 is 11.1 Å². The number of nitrogens with two attached hydrogens (primary N) is 1.